The van der Waals surface area contributed by atoms with Crippen LogP contribution in [0, 0.1) is 0 Å². The van der Waals surface area contributed by atoms with Crippen molar-refractivity contribution < 1.29 is 9.59 Å². The Morgan fingerprint density at radius 1 is 0.667 bits per heavy atom. The maximum Gasteiger partial charge on any atom is 0.222 e. The lowest BCUT2D eigenvalue weighted by atomic mass is 10.0. The Morgan fingerprint density at radius 3 is 1.26 bits per heavy atom. The largest absolute Gasteiger partial charge is 0.348 e. The van der Waals surface area contributed by atoms with E-state index in [1.54, 1.807) is 0 Å². The lowest BCUT2D eigenvalue weighted by Gasteiger charge is -2.14. The van der Waals surface area contributed by atoms with Gasteiger partial charge in [0.25, 0.3) is 0 Å². The number of rotatable bonds is 2. The smallest absolute Gasteiger partial charge is 0.222 e. The molecule has 2 amide bonds. The van der Waals surface area contributed by atoms with E-state index in [2.05, 4.69) is 10.6 Å². The second-order valence-electron chi connectivity index (χ2n) is 6.65. The average Bonchev–Trinajstić information content (AvgIpc) is 3.17. The summed E-state index contributed by atoms with van der Waals surface area (Å²) in [5, 5.41) is 5.71. The predicted octanol–water partition coefficient (Wildman–Crippen LogP) is 1.79. The number of nitrogens with one attached hydrogen (secondary N) is 2. The summed E-state index contributed by atoms with van der Waals surface area (Å²) in [7, 11) is 0. The van der Waals surface area contributed by atoms with Crippen LogP contribution in [0.15, 0.2) is 60.7 Å². The van der Waals surface area contributed by atoms with Crippen molar-refractivity contribution in [1.82, 2.24) is 10.6 Å². The molecule has 0 bridgehead atoms. The van der Waals surface area contributed by atoms with Gasteiger partial charge in [0.05, 0.1) is 12.1 Å². The molecule has 6 heteroatoms. The normalized spacial score (nSPS) is 26.3. The summed E-state index contributed by atoms with van der Waals surface area (Å²) in [5.41, 5.74) is 13.8. The molecular formula is C21H28N4O2. The van der Waals surface area contributed by atoms with E-state index >= 15 is 0 Å². The zero-order valence-electron chi connectivity index (χ0n) is 14.5. The van der Waals surface area contributed by atoms with E-state index in [9.17, 15) is 9.59 Å². The highest BCUT2D eigenvalue weighted by Crippen LogP contribution is 2.23. The fourth-order valence-corrected chi connectivity index (χ4v) is 3.32. The Kier molecular flexibility index (Phi) is 7.10. The fourth-order valence-electron chi connectivity index (χ4n) is 3.32. The molecule has 2 heterocycles. The quantitative estimate of drug-likeness (QED) is 0.648. The maximum atomic E-state index is 11.0. The number of carbonyl (C=O) groups is 2. The van der Waals surface area contributed by atoms with E-state index in [0.29, 0.717) is 12.8 Å². The molecule has 0 aliphatic carbocycles. The highest BCUT2D eigenvalue weighted by molar-refractivity contribution is 5.80. The van der Waals surface area contributed by atoms with E-state index in [-0.39, 0.29) is 43.4 Å². The third-order valence-electron chi connectivity index (χ3n) is 4.65. The van der Waals surface area contributed by atoms with Gasteiger partial charge >= 0.3 is 0 Å². The third-order valence-corrected chi connectivity index (χ3v) is 4.65. The van der Waals surface area contributed by atoms with Gasteiger partial charge < -0.3 is 22.1 Å². The Balaban J connectivity index is 0.000000187. The van der Waals surface area contributed by atoms with Crippen LogP contribution in [0.25, 0.3) is 0 Å². The Labute approximate surface area is 160 Å². The summed E-state index contributed by atoms with van der Waals surface area (Å²) in [6, 6.07) is 19.4. The first-order valence-electron chi connectivity index (χ1n) is 8.74. The molecule has 2 aliphatic rings. The number of carbonyl (C=O) groups excluding carboxylic acids is 2. The van der Waals surface area contributed by atoms with Gasteiger partial charge in [-0.05, 0) is 11.1 Å². The lowest BCUT2D eigenvalue weighted by molar-refractivity contribution is -0.120. The van der Waals surface area contributed by atoms with E-state index < -0.39 is 0 Å². The molecule has 2 fully saturated rings. The number of amides is 2. The summed E-state index contributed by atoms with van der Waals surface area (Å²) in [5.74, 6) is 0.0858. The minimum absolute atomic E-state index is 0. The Morgan fingerprint density at radius 2 is 1.00 bits per heavy atom. The minimum atomic E-state index is -0.0881. The van der Waals surface area contributed by atoms with Crippen molar-refractivity contribution in [2.45, 2.75) is 44.4 Å². The van der Waals surface area contributed by atoms with Crippen molar-refractivity contribution in [2.75, 3.05) is 0 Å². The van der Waals surface area contributed by atoms with Crippen LogP contribution in [-0.2, 0) is 9.59 Å². The molecular weight excluding hydrogens is 340 g/mol. The molecule has 2 saturated heterocycles. The van der Waals surface area contributed by atoms with Crippen LogP contribution in [0.3, 0.4) is 0 Å². The zero-order chi connectivity index (χ0) is 18.5. The molecule has 2 aromatic carbocycles. The molecule has 4 atom stereocenters. The molecule has 2 aromatic rings. The molecule has 0 unspecified atom stereocenters. The van der Waals surface area contributed by atoms with Gasteiger partial charge in [0, 0.05) is 24.9 Å². The van der Waals surface area contributed by atoms with Gasteiger partial charge in [-0.1, -0.05) is 68.1 Å². The van der Waals surface area contributed by atoms with E-state index in [4.69, 9.17) is 11.5 Å². The van der Waals surface area contributed by atoms with Gasteiger partial charge in [-0.15, -0.1) is 0 Å². The summed E-state index contributed by atoms with van der Waals surface area (Å²) in [6.07, 6.45) is 0.860. The van der Waals surface area contributed by atoms with Crippen molar-refractivity contribution in [2.24, 2.45) is 11.5 Å². The molecule has 0 radical (unpaired) electrons. The second kappa shape index (κ2) is 9.30. The predicted molar refractivity (Wildman–Crippen MR) is 107 cm³/mol. The molecule has 144 valence electrons. The summed E-state index contributed by atoms with van der Waals surface area (Å²) >= 11 is 0. The molecule has 6 N–H and O–H groups in total. The van der Waals surface area contributed by atoms with E-state index in [1.165, 1.54) is 0 Å². The topological polar surface area (TPSA) is 110 Å². The SMILES string of the molecule is C.N[C@H]1CC(=O)N[C@@H]1c1ccccc1.N[C@H]1CC(=O)N[C@@H]1c1ccccc1. The fraction of sp³-hybridized carbons (Fsp3) is 0.333. The molecule has 0 saturated carbocycles. The van der Waals surface area contributed by atoms with Crippen molar-refractivity contribution in [3.63, 3.8) is 0 Å². The Bertz CT molecular complexity index is 686. The highest BCUT2D eigenvalue weighted by atomic mass is 16.2. The average molecular weight is 368 g/mol. The van der Waals surface area contributed by atoms with Gasteiger partial charge in [0.15, 0.2) is 0 Å². The van der Waals surface area contributed by atoms with Gasteiger partial charge in [0.1, 0.15) is 0 Å². The van der Waals surface area contributed by atoms with Crippen molar-refractivity contribution in [3.8, 4) is 0 Å². The van der Waals surface area contributed by atoms with Gasteiger partial charge in [-0.3, -0.25) is 9.59 Å². The first-order valence-corrected chi connectivity index (χ1v) is 8.74. The van der Waals surface area contributed by atoms with Gasteiger partial charge in [-0.2, -0.15) is 0 Å². The minimum Gasteiger partial charge on any atom is -0.348 e. The summed E-state index contributed by atoms with van der Waals surface area (Å²) in [4.78, 5) is 22.1. The van der Waals surface area contributed by atoms with Crippen molar-refractivity contribution in [3.05, 3.63) is 71.8 Å². The van der Waals surface area contributed by atoms with Crippen LogP contribution < -0.4 is 22.1 Å². The molecule has 27 heavy (non-hydrogen) atoms. The van der Waals surface area contributed by atoms with Gasteiger partial charge in [0.2, 0.25) is 11.8 Å². The van der Waals surface area contributed by atoms with Crippen molar-refractivity contribution in [1.29, 1.82) is 0 Å². The molecule has 0 aromatic heterocycles. The first-order chi connectivity index (χ1) is 12.5. The number of nitrogens with two attached hydrogens (primary N) is 2. The Hall–Kier alpha value is -2.70. The molecule has 0 spiro atoms. The monoisotopic (exact) mass is 368 g/mol. The standard InChI is InChI=1S/2C10H12N2O.CH4/c2*11-8-6-9(13)12-10(8)7-4-2-1-3-5-7;/h2*1-5,8,10H,6,11H2,(H,12,13);1H4/t2*8-,10+;/m00./s1. The van der Waals surface area contributed by atoms with E-state index in [0.717, 1.165) is 11.1 Å². The number of hydrogen-bond donors (Lipinski definition) is 4. The third kappa shape index (κ3) is 5.15. The van der Waals surface area contributed by atoms with Crippen LogP contribution in [0.4, 0.5) is 0 Å². The molecule has 6 nitrogen and oxygen atoms in total. The first kappa shape index (κ1) is 20.6. The van der Waals surface area contributed by atoms with Crippen LogP contribution in [0.5, 0.6) is 0 Å². The van der Waals surface area contributed by atoms with Crippen LogP contribution in [-0.4, -0.2) is 23.9 Å². The maximum absolute atomic E-state index is 11.0. The van der Waals surface area contributed by atoms with Gasteiger partial charge in [-0.25, -0.2) is 0 Å². The summed E-state index contributed by atoms with van der Waals surface area (Å²) < 4.78 is 0. The highest BCUT2D eigenvalue weighted by Gasteiger charge is 2.30. The van der Waals surface area contributed by atoms with E-state index in [1.807, 2.05) is 60.7 Å². The lowest BCUT2D eigenvalue weighted by Crippen LogP contribution is -2.28. The second-order valence-corrected chi connectivity index (χ2v) is 6.65. The molecule has 2 aliphatic heterocycles. The number of hydrogen-bond acceptors (Lipinski definition) is 4. The summed E-state index contributed by atoms with van der Waals surface area (Å²) in [6.45, 7) is 0. The van der Waals surface area contributed by atoms with Crippen LogP contribution in [0.1, 0.15) is 43.5 Å². The van der Waals surface area contributed by atoms with Crippen molar-refractivity contribution >= 4 is 11.8 Å². The molecule has 4 rings (SSSR count). The number of benzene rings is 2. The van der Waals surface area contributed by atoms with Crippen LogP contribution >= 0.6 is 0 Å². The van der Waals surface area contributed by atoms with Crippen LogP contribution in [0.2, 0.25) is 0 Å². The zero-order valence-corrected chi connectivity index (χ0v) is 14.5.